The highest BCUT2D eigenvalue weighted by molar-refractivity contribution is 7.87. The van der Waals surface area contributed by atoms with Crippen molar-refractivity contribution in [2.24, 2.45) is 0 Å². The monoisotopic (exact) mass is 408 g/mol. The predicted octanol–water partition coefficient (Wildman–Crippen LogP) is 2.94. The molecule has 0 aliphatic carbocycles. The summed E-state index contributed by atoms with van der Waals surface area (Å²) in [6.45, 7) is 0. The molecule has 150 valence electrons. The smallest absolute Gasteiger partial charge is 0.331 e. The van der Waals surface area contributed by atoms with E-state index < -0.39 is 15.7 Å². The molecule has 0 amide bonds. The Hall–Kier alpha value is -3.14. The van der Waals surface area contributed by atoms with Crippen molar-refractivity contribution in [2.75, 3.05) is 28.4 Å². The van der Waals surface area contributed by atoms with Gasteiger partial charge in [-0.2, -0.15) is 0 Å². The van der Waals surface area contributed by atoms with Crippen molar-refractivity contribution >= 4 is 22.6 Å². The van der Waals surface area contributed by atoms with Crippen molar-refractivity contribution in [3.63, 3.8) is 0 Å². The molecule has 1 heterocycles. The summed E-state index contributed by atoms with van der Waals surface area (Å²) in [6, 6.07) is 4.66. The Labute approximate surface area is 164 Å². The highest BCUT2D eigenvalue weighted by Gasteiger charge is 2.17. The molecular formula is C18H20N2O7S. The fraction of sp³-hybridized carbons (Fsp3) is 0.278. The molecule has 28 heavy (non-hydrogen) atoms. The van der Waals surface area contributed by atoms with Crippen LogP contribution in [0.2, 0.25) is 0 Å². The second-order valence-corrected chi connectivity index (χ2v) is 6.72. The van der Waals surface area contributed by atoms with Crippen LogP contribution in [-0.4, -0.2) is 42.6 Å². The molecule has 0 spiro atoms. The van der Waals surface area contributed by atoms with Gasteiger partial charge in [0.2, 0.25) is 0 Å². The summed E-state index contributed by atoms with van der Waals surface area (Å²) in [6.07, 6.45) is 3.00. The zero-order valence-corrected chi connectivity index (χ0v) is 16.6. The van der Waals surface area contributed by atoms with Gasteiger partial charge >= 0.3 is 5.69 Å². The van der Waals surface area contributed by atoms with E-state index in [2.05, 4.69) is 4.98 Å². The lowest BCUT2D eigenvalue weighted by Gasteiger charge is -2.12. The number of rotatable bonds is 9. The third kappa shape index (κ3) is 4.97. The zero-order valence-electron chi connectivity index (χ0n) is 15.8. The summed E-state index contributed by atoms with van der Waals surface area (Å²) in [4.78, 5) is 14.4. The number of pyridine rings is 1. The fourth-order valence-corrected chi connectivity index (χ4v) is 3.27. The second kappa shape index (κ2) is 9.70. The Morgan fingerprint density at radius 1 is 1.07 bits per heavy atom. The number of methoxy groups -OCH3 is 4. The van der Waals surface area contributed by atoms with E-state index in [0.29, 0.717) is 28.4 Å². The van der Waals surface area contributed by atoms with Gasteiger partial charge in [-0.1, -0.05) is 0 Å². The van der Waals surface area contributed by atoms with Crippen LogP contribution in [0.3, 0.4) is 0 Å². The van der Waals surface area contributed by atoms with Crippen molar-refractivity contribution in [1.82, 2.24) is 4.98 Å². The number of hydrogen-bond donors (Lipinski definition) is 0. The molecule has 9 nitrogen and oxygen atoms in total. The molecular weight excluding hydrogens is 388 g/mol. The van der Waals surface area contributed by atoms with Crippen LogP contribution in [0.25, 0.3) is 6.08 Å². The van der Waals surface area contributed by atoms with Crippen molar-refractivity contribution in [2.45, 2.75) is 5.75 Å². The van der Waals surface area contributed by atoms with E-state index in [4.69, 9.17) is 18.9 Å². The van der Waals surface area contributed by atoms with Gasteiger partial charge in [0.25, 0.3) is 5.88 Å². The van der Waals surface area contributed by atoms with Crippen LogP contribution in [-0.2, 0) is 16.6 Å². The first-order valence-electron chi connectivity index (χ1n) is 7.96. The van der Waals surface area contributed by atoms with Gasteiger partial charge in [0.05, 0.1) is 55.5 Å². The van der Waals surface area contributed by atoms with Gasteiger partial charge in [-0.05, 0) is 11.6 Å². The molecule has 1 atom stereocenters. The van der Waals surface area contributed by atoms with Gasteiger partial charge in [-0.25, -0.2) is 4.98 Å². The maximum Gasteiger partial charge on any atom is 0.331 e. The third-order valence-electron chi connectivity index (χ3n) is 3.73. The van der Waals surface area contributed by atoms with Crippen molar-refractivity contribution < 1.29 is 28.1 Å². The minimum absolute atomic E-state index is 0.0507. The van der Waals surface area contributed by atoms with Crippen molar-refractivity contribution in [3.8, 4) is 23.1 Å². The standard InChI is InChI=1S/C18H20N2O7S/c1-24-13-8-16(25-2)14(17(9-13)26-3)5-6-28(23)11-12-7-15(20(21)22)18(27-4)19-10-12/h5-10H,11H2,1-4H3/b6-5+. The fourth-order valence-electron chi connectivity index (χ4n) is 2.40. The summed E-state index contributed by atoms with van der Waals surface area (Å²) in [7, 11) is 4.38. The zero-order chi connectivity index (χ0) is 20.7. The summed E-state index contributed by atoms with van der Waals surface area (Å²) < 4.78 is 33.2. The summed E-state index contributed by atoms with van der Waals surface area (Å²) in [5.74, 6) is 1.50. The Morgan fingerprint density at radius 2 is 1.71 bits per heavy atom. The quantitative estimate of drug-likeness (QED) is 0.460. The Bertz CT molecular complexity index is 890. The van der Waals surface area contributed by atoms with E-state index in [9.17, 15) is 14.3 Å². The molecule has 1 aromatic heterocycles. The van der Waals surface area contributed by atoms with Crippen LogP contribution in [0.1, 0.15) is 11.1 Å². The normalized spacial score (nSPS) is 11.9. The number of aromatic nitrogens is 1. The average molecular weight is 408 g/mol. The molecule has 1 unspecified atom stereocenters. The van der Waals surface area contributed by atoms with Crippen molar-refractivity contribution in [3.05, 3.63) is 51.0 Å². The molecule has 0 saturated heterocycles. The van der Waals surface area contributed by atoms with E-state index in [1.165, 1.54) is 46.1 Å². The lowest BCUT2D eigenvalue weighted by atomic mass is 10.1. The largest absolute Gasteiger partial charge is 0.496 e. The molecule has 2 aromatic rings. The van der Waals surface area contributed by atoms with E-state index in [1.54, 1.807) is 18.2 Å². The second-order valence-electron chi connectivity index (χ2n) is 5.40. The molecule has 0 N–H and O–H groups in total. The van der Waals surface area contributed by atoms with Gasteiger partial charge < -0.3 is 18.9 Å². The van der Waals surface area contributed by atoms with Crippen LogP contribution in [0, 0.1) is 10.1 Å². The van der Waals surface area contributed by atoms with Crippen LogP contribution in [0.15, 0.2) is 29.8 Å². The Morgan fingerprint density at radius 3 is 2.21 bits per heavy atom. The molecule has 10 heteroatoms. The van der Waals surface area contributed by atoms with E-state index >= 15 is 0 Å². The maximum atomic E-state index is 12.4. The van der Waals surface area contributed by atoms with Crippen LogP contribution < -0.4 is 18.9 Å². The third-order valence-corrected chi connectivity index (χ3v) is 4.78. The van der Waals surface area contributed by atoms with E-state index in [1.807, 2.05) is 0 Å². The number of ether oxygens (including phenoxy) is 4. The molecule has 2 rings (SSSR count). The molecule has 1 aromatic carbocycles. The SMILES string of the molecule is COc1cc(OC)c(/C=C/S(=O)Cc2cnc(OC)c([N+](=O)[O-])c2)c(OC)c1. The lowest BCUT2D eigenvalue weighted by Crippen LogP contribution is -2.00. The maximum absolute atomic E-state index is 12.4. The first kappa shape index (κ1) is 21.2. The Balaban J connectivity index is 2.25. The van der Waals surface area contributed by atoms with Crippen LogP contribution in [0.5, 0.6) is 23.1 Å². The van der Waals surface area contributed by atoms with E-state index in [-0.39, 0.29) is 17.3 Å². The molecule has 0 fully saturated rings. The first-order valence-corrected chi connectivity index (χ1v) is 9.34. The van der Waals surface area contributed by atoms with Crippen molar-refractivity contribution in [1.29, 1.82) is 0 Å². The molecule has 0 aliphatic heterocycles. The summed E-state index contributed by atoms with van der Waals surface area (Å²) in [5, 5.41) is 12.5. The van der Waals surface area contributed by atoms with Crippen LogP contribution in [0.4, 0.5) is 5.69 Å². The highest BCUT2D eigenvalue weighted by Crippen LogP contribution is 2.35. The molecule has 0 bridgehead atoms. The summed E-state index contributed by atoms with van der Waals surface area (Å²) in [5.41, 5.74) is 0.765. The van der Waals surface area contributed by atoms with Gasteiger partial charge in [0.15, 0.2) is 0 Å². The molecule has 0 radical (unpaired) electrons. The first-order chi connectivity index (χ1) is 13.4. The highest BCUT2D eigenvalue weighted by atomic mass is 32.2. The predicted molar refractivity (Wildman–Crippen MR) is 104 cm³/mol. The Kier molecular flexibility index (Phi) is 7.33. The summed E-state index contributed by atoms with van der Waals surface area (Å²) >= 11 is 0. The minimum Gasteiger partial charge on any atom is -0.496 e. The average Bonchev–Trinajstić information content (AvgIpc) is 2.71. The van der Waals surface area contributed by atoms with Gasteiger partial charge in [0.1, 0.15) is 17.2 Å². The lowest BCUT2D eigenvalue weighted by molar-refractivity contribution is -0.386. The van der Waals surface area contributed by atoms with Crippen LogP contribution >= 0.6 is 0 Å². The van der Waals surface area contributed by atoms with Gasteiger partial charge in [-0.3, -0.25) is 14.3 Å². The minimum atomic E-state index is -1.46. The number of nitro groups is 1. The van der Waals surface area contributed by atoms with Gasteiger partial charge in [0, 0.05) is 29.8 Å². The van der Waals surface area contributed by atoms with Gasteiger partial charge in [-0.15, -0.1) is 0 Å². The topological polar surface area (TPSA) is 110 Å². The molecule has 0 saturated carbocycles. The number of benzene rings is 1. The van der Waals surface area contributed by atoms with E-state index in [0.717, 1.165) is 0 Å². The number of nitrogens with zero attached hydrogens (tertiary/aromatic N) is 2. The number of hydrogen-bond acceptors (Lipinski definition) is 8. The molecule has 0 aliphatic rings.